The first-order valence-corrected chi connectivity index (χ1v) is 4.66. The summed E-state index contributed by atoms with van der Waals surface area (Å²) in [7, 11) is 1.52. The van der Waals surface area contributed by atoms with Crippen LogP contribution in [-0.4, -0.2) is 13.7 Å². The highest BCUT2D eigenvalue weighted by atomic mass is 19.3. The fourth-order valence-electron chi connectivity index (χ4n) is 1.51. The molecule has 0 aliphatic heterocycles. The Labute approximate surface area is 88.0 Å². The van der Waals surface area contributed by atoms with Gasteiger partial charge in [0.2, 0.25) is 0 Å². The summed E-state index contributed by atoms with van der Waals surface area (Å²) in [4.78, 5) is 0. The number of hydrogen-bond acceptors (Lipinski definition) is 2. The number of halogens is 2. The zero-order valence-electron chi connectivity index (χ0n) is 9.10. The Balaban J connectivity index is 3.28. The molecule has 4 heteroatoms. The summed E-state index contributed by atoms with van der Waals surface area (Å²) in [5.41, 5.74) is 6.20. The molecule has 0 aliphatic rings. The predicted molar refractivity (Wildman–Crippen MR) is 55.4 cm³/mol. The summed E-state index contributed by atoms with van der Waals surface area (Å²) in [6.45, 7) is 2.68. The molecule has 84 valence electrons. The number of alkyl halides is 2. The average Bonchev–Trinajstić information content (AvgIpc) is 2.20. The van der Waals surface area contributed by atoms with E-state index < -0.39 is 12.5 Å². The van der Waals surface area contributed by atoms with E-state index in [-0.39, 0.29) is 5.56 Å². The Morgan fingerprint density at radius 3 is 2.33 bits per heavy atom. The minimum Gasteiger partial charge on any atom is -0.496 e. The molecule has 2 N–H and O–H groups in total. The Kier molecular flexibility index (Phi) is 3.29. The van der Waals surface area contributed by atoms with Crippen molar-refractivity contribution in [2.24, 2.45) is 5.73 Å². The number of aryl methyl sites for hydroxylation is 2. The van der Waals surface area contributed by atoms with Crippen molar-refractivity contribution in [2.45, 2.75) is 19.8 Å². The minimum absolute atomic E-state index is 0.0247. The van der Waals surface area contributed by atoms with Gasteiger partial charge in [-0.25, -0.2) is 0 Å². The van der Waals surface area contributed by atoms with Gasteiger partial charge in [-0.05, 0) is 37.1 Å². The van der Waals surface area contributed by atoms with Crippen LogP contribution in [0.15, 0.2) is 12.1 Å². The van der Waals surface area contributed by atoms with Crippen LogP contribution < -0.4 is 10.5 Å². The molecule has 0 heterocycles. The number of benzene rings is 1. The van der Waals surface area contributed by atoms with Gasteiger partial charge in [0.1, 0.15) is 5.75 Å². The van der Waals surface area contributed by atoms with Crippen molar-refractivity contribution in [3.05, 3.63) is 28.8 Å². The molecule has 0 bridgehead atoms. The van der Waals surface area contributed by atoms with Crippen molar-refractivity contribution in [1.82, 2.24) is 0 Å². The van der Waals surface area contributed by atoms with Crippen molar-refractivity contribution in [2.75, 3.05) is 13.7 Å². The minimum atomic E-state index is -2.97. The van der Waals surface area contributed by atoms with Gasteiger partial charge < -0.3 is 10.5 Å². The second-order valence-corrected chi connectivity index (χ2v) is 3.55. The van der Waals surface area contributed by atoms with Crippen molar-refractivity contribution in [1.29, 1.82) is 0 Å². The standard InChI is InChI=1S/C11H15F2NO/c1-7-5-10(15-3)8(2)4-9(7)11(12,13)6-14/h4-5H,6,14H2,1-3H3. The fourth-order valence-corrected chi connectivity index (χ4v) is 1.51. The van der Waals surface area contributed by atoms with Crippen LogP contribution in [0.4, 0.5) is 8.78 Å². The van der Waals surface area contributed by atoms with E-state index in [2.05, 4.69) is 0 Å². The van der Waals surface area contributed by atoms with Crippen LogP contribution in [0.25, 0.3) is 0 Å². The van der Waals surface area contributed by atoms with E-state index in [1.807, 2.05) is 0 Å². The van der Waals surface area contributed by atoms with Gasteiger partial charge in [-0.3, -0.25) is 0 Å². The molecule has 0 amide bonds. The van der Waals surface area contributed by atoms with Crippen molar-refractivity contribution in [3.63, 3.8) is 0 Å². The third-order valence-electron chi connectivity index (χ3n) is 2.39. The number of rotatable bonds is 3. The van der Waals surface area contributed by atoms with E-state index in [1.54, 1.807) is 19.9 Å². The summed E-state index contributed by atoms with van der Waals surface area (Å²) in [6, 6.07) is 3.04. The molecular weight excluding hydrogens is 200 g/mol. The maximum absolute atomic E-state index is 13.4. The number of nitrogens with two attached hydrogens (primary N) is 1. The van der Waals surface area contributed by atoms with Gasteiger partial charge in [0.05, 0.1) is 13.7 Å². The average molecular weight is 215 g/mol. The van der Waals surface area contributed by atoms with Crippen LogP contribution >= 0.6 is 0 Å². The number of hydrogen-bond donors (Lipinski definition) is 1. The van der Waals surface area contributed by atoms with Crippen LogP contribution in [0.3, 0.4) is 0 Å². The summed E-state index contributed by atoms with van der Waals surface area (Å²) in [5.74, 6) is -2.36. The zero-order chi connectivity index (χ0) is 11.6. The lowest BCUT2D eigenvalue weighted by Gasteiger charge is -2.18. The Hall–Kier alpha value is -1.16. The molecule has 0 unspecified atom stereocenters. The van der Waals surface area contributed by atoms with Crippen LogP contribution in [0.5, 0.6) is 5.75 Å². The highest BCUT2D eigenvalue weighted by molar-refractivity contribution is 5.43. The van der Waals surface area contributed by atoms with Crippen molar-refractivity contribution >= 4 is 0 Å². The largest absolute Gasteiger partial charge is 0.496 e. The van der Waals surface area contributed by atoms with E-state index in [0.717, 1.165) is 0 Å². The molecule has 0 aromatic heterocycles. The lowest BCUT2D eigenvalue weighted by atomic mass is 9.99. The predicted octanol–water partition coefficient (Wildman–Crippen LogP) is 2.36. The molecule has 1 aromatic rings. The van der Waals surface area contributed by atoms with E-state index in [0.29, 0.717) is 16.9 Å². The third-order valence-corrected chi connectivity index (χ3v) is 2.39. The third kappa shape index (κ3) is 2.26. The monoisotopic (exact) mass is 215 g/mol. The molecule has 2 nitrogen and oxygen atoms in total. The maximum atomic E-state index is 13.4. The molecule has 0 spiro atoms. The van der Waals surface area contributed by atoms with E-state index in [1.165, 1.54) is 13.2 Å². The normalized spacial score (nSPS) is 11.6. The molecule has 0 saturated carbocycles. The van der Waals surface area contributed by atoms with Gasteiger partial charge in [0.25, 0.3) is 5.92 Å². The highest BCUT2D eigenvalue weighted by Gasteiger charge is 2.31. The van der Waals surface area contributed by atoms with E-state index >= 15 is 0 Å². The summed E-state index contributed by atoms with van der Waals surface area (Å²) < 4.78 is 31.8. The van der Waals surface area contributed by atoms with Gasteiger partial charge in [-0.1, -0.05) is 0 Å². The second-order valence-electron chi connectivity index (χ2n) is 3.55. The first-order valence-electron chi connectivity index (χ1n) is 4.66. The topological polar surface area (TPSA) is 35.2 Å². The van der Waals surface area contributed by atoms with Crippen molar-refractivity contribution in [3.8, 4) is 5.75 Å². The molecule has 0 fully saturated rings. The quantitative estimate of drug-likeness (QED) is 0.840. The van der Waals surface area contributed by atoms with Crippen LogP contribution in [0, 0.1) is 13.8 Å². The summed E-state index contributed by atoms with van der Waals surface area (Å²) in [5, 5.41) is 0. The van der Waals surface area contributed by atoms with Crippen LogP contribution in [-0.2, 0) is 5.92 Å². The van der Waals surface area contributed by atoms with E-state index in [9.17, 15) is 8.78 Å². The first-order chi connectivity index (χ1) is 6.92. The lowest BCUT2D eigenvalue weighted by Crippen LogP contribution is -2.26. The Morgan fingerprint density at radius 1 is 1.27 bits per heavy atom. The molecule has 0 radical (unpaired) electrons. The van der Waals surface area contributed by atoms with Crippen LogP contribution in [0.1, 0.15) is 16.7 Å². The molecule has 0 atom stereocenters. The fraction of sp³-hybridized carbons (Fsp3) is 0.455. The maximum Gasteiger partial charge on any atom is 0.285 e. The highest BCUT2D eigenvalue weighted by Crippen LogP contribution is 2.33. The van der Waals surface area contributed by atoms with Gasteiger partial charge in [0.15, 0.2) is 0 Å². The molecule has 1 rings (SSSR count). The molecule has 0 saturated heterocycles. The van der Waals surface area contributed by atoms with Gasteiger partial charge in [0, 0.05) is 5.56 Å². The van der Waals surface area contributed by atoms with E-state index in [4.69, 9.17) is 10.5 Å². The van der Waals surface area contributed by atoms with Gasteiger partial charge in [-0.15, -0.1) is 0 Å². The molecule has 0 aliphatic carbocycles. The molecule has 1 aromatic carbocycles. The first kappa shape index (κ1) is 11.9. The number of methoxy groups -OCH3 is 1. The summed E-state index contributed by atoms with van der Waals surface area (Å²) >= 11 is 0. The van der Waals surface area contributed by atoms with Gasteiger partial charge in [-0.2, -0.15) is 8.78 Å². The smallest absolute Gasteiger partial charge is 0.285 e. The SMILES string of the molecule is COc1cc(C)c(C(F)(F)CN)cc1C. The zero-order valence-corrected chi connectivity index (χ0v) is 9.10. The Bertz CT molecular complexity index is 364. The lowest BCUT2D eigenvalue weighted by molar-refractivity contribution is 0.00523. The summed E-state index contributed by atoms with van der Waals surface area (Å²) in [6.07, 6.45) is 0. The molecular formula is C11H15F2NO. The number of ether oxygens (including phenoxy) is 1. The van der Waals surface area contributed by atoms with Crippen molar-refractivity contribution < 1.29 is 13.5 Å². The van der Waals surface area contributed by atoms with Gasteiger partial charge >= 0.3 is 0 Å². The second kappa shape index (κ2) is 4.14. The molecule has 15 heavy (non-hydrogen) atoms. The Morgan fingerprint density at radius 2 is 1.87 bits per heavy atom. The van der Waals surface area contributed by atoms with Crippen LogP contribution in [0.2, 0.25) is 0 Å².